The number of Topliss-reactive ketones (excluding diaryl/α,β-unsaturated/α-hetero) is 2. The van der Waals surface area contributed by atoms with Crippen molar-refractivity contribution in [3.8, 4) is 6.07 Å². The van der Waals surface area contributed by atoms with Crippen LogP contribution < -0.4 is 5.73 Å². The molecule has 2 N–H and O–H groups in total. The number of allylic oxidation sites excluding steroid dienone is 3. The highest BCUT2D eigenvalue weighted by Gasteiger charge is 2.40. The van der Waals surface area contributed by atoms with Crippen LogP contribution in [0, 0.1) is 17.2 Å². The number of hydrogen-bond acceptors (Lipinski definition) is 5. The van der Waals surface area contributed by atoms with Crippen molar-refractivity contribution in [2.45, 2.75) is 6.92 Å². The highest BCUT2D eigenvalue weighted by atomic mass is 16.5. The van der Waals surface area contributed by atoms with Crippen LogP contribution in [-0.2, 0) is 4.74 Å². The van der Waals surface area contributed by atoms with Crippen LogP contribution in [-0.4, -0.2) is 11.6 Å². The van der Waals surface area contributed by atoms with Gasteiger partial charge in [0.25, 0.3) is 0 Å². The minimum Gasteiger partial charge on any atom is -0.436 e. The Kier molecular flexibility index (Phi) is 2.48. The Morgan fingerprint density at radius 3 is 2.40 bits per heavy atom. The Morgan fingerprint density at radius 2 is 1.80 bits per heavy atom. The molecule has 1 aromatic carbocycles. The molecule has 1 unspecified atom stereocenters. The van der Waals surface area contributed by atoms with Crippen molar-refractivity contribution in [2.75, 3.05) is 0 Å². The maximum Gasteiger partial charge on any atom is 0.229 e. The van der Waals surface area contributed by atoms with Crippen molar-refractivity contribution < 1.29 is 14.3 Å². The molecule has 0 bridgehead atoms. The molecule has 1 atom stereocenters. The lowest BCUT2D eigenvalue weighted by Crippen LogP contribution is -2.32. The van der Waals surface area contributed by atoms with Crippen molar-refractivity contribution in [2.24, 2.45) is 11.7 Å². The van der Waals surface area contributed by atoms with E-state index in [9.17, 15) is 9.59 Å². The predicted molar refractivity (Wildman–Crippen MR) is 69.2 cm³/mol. The van der Waals surface area contributed by atoms with Gasteiger partial charge in [0.1, 0.15) is 6.07 Å². The zero-order valence-corrected chi connectivity index (χ0v) is 10.6. The predicted octanol–water partition coefficient (Wildman–Crippen LogP) is 1.68. The minimum absolute atomic E-state index is 0.0577. The number of ether oxygens (including phenoxy) is 1. The van der Waals surface area contributed by atoms with Crippen LogP contribution in [0.15, 0.2) is 47.1 Å². The molecule has 0 aromatic heterocycles. The van der Waals surface area contributed by atoms with Crippen molar-refractivity contribution >= 4 is 11.6 Å². The fourth-order valence-electron chi connectivity index (χ4n) is 2.54. The Bertz CT molecular complexity index is 766. The monoisotopic (exact) mass is 266 g/mol. The summed E-state index contributed by atoms with van der Waals surface area (Å²) in [5.74, 6) is -1.38. The lowest BCUT2D eigenvalue weighted by atomic mass is 9.79. The highest BCUT2D eigenvalue weighted by molar-refractivity contribution is 6.26. The third kappa shape index (κ3) is 1.42. The van der Waals surface area contributed by atoms with E-state index < -0.39 is 5.92 Å². The number of carbonyl (C=O) groups is 2. The number of ketones is 2. The molecular weight excluding hydrogens is 256 g/mol. The standard InChI is InChI=1S/C15H10N2O3/c1-7-10(6-16)15(17)20-14-11(7)12(18)8-4-2-3-5-9(8)13(14)19/h2-5,7H,17H2,1H3. The van der Waals surface area contributed by atoms with Gasteiger partial charge >= 0.3 is 0 Å². The van der Waals surface area contributed by atoms with Gasteiger partial charge in [-0.2, -0.15) is 5.26 Å². The molecule has 0 amide bonds. The van der Waals surface area contributed by atoms with Crippen molar-refractivity contribution in [1.29, 1.82) is 5.26 Å². The second-order valence-electron chi connectivity index (χ2n) is 4.66. The van der Waals surface area contributed by atoms with E-state index >= 15 is 0 Å². The molecule has 1 aliphatic carbocycles. The zero-order chi connectivity index (χ0) is 14.4. The first-order valence-electron chi connectivity index (χ1n) is 6.06. The summed E-state index contributed by atoms with van der Waals surface area (Å²) >= 11 is 0. The number of fused-ring (bicyclic) bond motifs is 1. The molecule has 1 heterocycles. The number of benzene rings is 1. The summed E-state index contributed by atoms with van der Waals surface area (Å²) in [7, 11) is 0. The summed E-state index contributed by atoms with van der Waals surface area (Å²) in [6, 6.07) is 8.48. The summed E-state index contributed by atoms with van der Waals surface area (Å²) in [6.45, 7) is 1.67. The summed E-state index contributed by atoms with van der Waals surface area (Å²) in [5, 5.41) is 9.08. The molecule has 5 nitrogen and oxygen atoms in total. The fourth-order valence-corrected chi connectivity index (χ4v) is 2.54. The highest BCUT2D eigenvalue weighted by Crippen LogP contribution is 2.38. The average molecular weight is 266 g/mol. The molecule has 0 spiro atoms. The van der Waals surface area contributed by atoms with Gasteiger partial charge in [-0.3, -0.25) is 9.59 Å². The number of rotatable bonds is 0. The van der Waals surface area contributed by atoms with Crippen LogP contribution in [0.2, 0.25) is 0 Å². The molecule has 20 heavy (non-hydrogen) atoms. The van der Waals surface area contributed by atoms with Crippen LogP contribution >= 0.6 is 0 Å². The molecule has 0 radical (unpaired) electrons. The second-order valence-corrected chi connectivity index (χ2v) is 4.66. The minimum atomic E-state index is -0.548. The summed E-state index contributed by atoms with van der Waals surface area (Å²) in [4.78, 5) is 24.9. The average Bonchev–Trinajstić information content (AvgIpc) is 2.45. The van der Waals surface area contributed by atoms with E-state index in [1.165, 1.54) is 0 Å². The molecular formula is C15H10N2O3. The largest absolute Gasteiger partial charge is 0.436 e. The molecule has 3 rings (SSSR count). The Balaban J connectivity index is 2.22. The van der Waals surface area contributed by atoms with Crippen LogP contribution in [0.1, 0.15) is 27.6 Å². The third-order valence-electron chi connectivity index (χ3n) is 3.58. The Morgan fingerprint density at radius 1 is 1.20 bits per heavy atom. The number of hydrogen-bond donors (Lipinski definition) is 1. The molecule has 0 saturated heterocycles. The smallest absolute Gasteiger partial charge is 0.229 e. The van der Waals surface area contributed by atoms with E-state index in [0.29, 0.717) is 11.1 Å². The first-order valence-corrected chi connectivity index (χ1v) is 6.06. The van der Waals surface area contributed by atoms with Crippen LogP contribution in [0.4, 0.5) is 0 Å². The SMILES string of the molecule is CC1C(C#N)=C(N)OC2=C1C(=O)c1ccccc1C2=O. The molecule has 2 aliphatic rings. The summed E-state index contributed by atoms with van der Waals surface area (Å²) in [5.41, 5.74) is 6.67. The van der Waals surface area contributed by atoms with E-state index in [2.05, 4.69) is 0 Å². The molecule has 1 aromatic rings. The van der Waals surface area contributed by atoms with Gasteiger partial charge in [-0.1, -0.05) is 31.2 Å². The van der Waals surface area contributed by atoms with Gasteiger partial charge in [-0.15, -0.1) is 0 Å². The molecule has 1 aliphatic heterocycles. The van der Waals surface area contributed by atoms with Gasteiger partial charge in [0, 0.05) is 17.0 Å². The number of carbonyl (C=O) groups excluding carboxylic acids is 2. The van der Waals surface area contributed by atoms with Crippen molar-refractivity contribution in [3.05, 3.63) is 58.2 Å². The quantitative estimate of drug-likeness (QED) is 0.771. The van der Waals surface area contributed by atoms with E-state index in [0.717, 1.165) is 0 Å². The maximum atomic E-state index is 12.5. The van der Waals surface area contributed by atoms with Gasteiger partial charge < -0.3 is 10.5 Å². The van der Waals surface area contributed by atoms with Crippen LogP contribution in [0.5, 0.6) is 0 Å². The van der Waals surface area contributed by atoms with E-state index in [1.54, 1.807) is 31.2 Å². The van der Waals surface area contributed by atoms with E-state index in [1.807, 2.05) is 6.07 Å². The Labute approximate surface area is 114 Å². The first-order chi connectivity index (χ1) is 9.56. The van der Waals surface area contributed by atoms with Gasteiger partial charge in [-0.25, -0.2) is 0 Å². The van der Waals surface area contributed by atoms with Crippen molar-refractivity contribution in [1.82, 2.24) is 0 Å². The lowest BCUT2D eigenvalue weighted by Gasteiger charge is -2.28. The van der Waals surface area contributed by atoms with E-state index in [-0.39, 0.29) is 34.4 Å². The molecule has 98 valence electrons. The van der Waals surface area contributed by atoms with Gasteiger partial charge in [-0.05, 0) is 0 Å². The van der Waals surface area contributed by atoms with E-state index in [4.69, 9.17) is 15.7 Å². The van der Waals surface area contributed by atoms with Crippen LogP contribution in [0.25, 0.3) is 0 Å². The maximum absolute atomic E-state index is 12.5. The van der Waals surface area contributed by atoms with Gasteiger partial charge in [0.15, 0.2) is 11.5 Å². The molecule has 0 fully saturated rings. The Hall–Kier alpha value is -2.87. The second kappa shape index (κ2) is 4.07. The van der Waals surface area contributed by atoms with Gasteiger partial charge in [0.05, 0.1) is 11.1 Å². The third-order valence-corrected chi connectivity index (χ3v) is 3.58. The number of nitrogens with two attached hydrogens (primary N) is 1. The van der Waals surface area contributed by atoms with Crippen LogP contribution in [0.3, 0.4) is 0 Å². The van der Waals surface area contributed by atoms with Gasteiger partial charge in [0.2, 0.25) is 11.7 Å². The molecule has 0 saturated carbocycles. The fraction of sp³-hybridized carbons (Fsp3) is 0.133. The normalized spacial score (nSPS) is 21.1. The lowest BCUT2D eigenvalue weighted by molar-refractivity contribution is 0.0892. The zero-order valence-electron chi connectivity index (χ0n) is 10.6. The topological polar surface area (TPSA) is 93.2 Å². The summed E-state index contributed by atoms with van der Waals surface area (Å²) < 4.78 is 5.25. The van der Waals surface area contributed by atoms with Crippen molar-refractivity contribution in [3.63, 3.8) is 0 Å². The molecule has 5 heteroatoms. The number of nitrogens with zero attached hydrogens (tertiary/aromatic N) is 1. The summed E-state index contributed by atoms with van der Waals surface area (Å²) in [6.07, 6.45) is 0. The number of nitriles is 1. The first kappa shape index (κ1) is 12.2.